The van der Waals surface area contributed by atoms with Gasteiger partial charge in [-0.2, -0.15) is 10.4 Å². The fraction of sp³-hybridized carbons (Fsp3) is 0.250. The van der Waals surface area contributed by atoms with Crippen LogP contribution in [0.1, 0.15) is 43.4 Å². The number of benzene rings is 2. The minimum Gasteiger partial charge on any atom is -0.481 e. The Bertz CT molecular complexity index is 772. The number of carbonyl (C=O) groups excluding carboxylic acids is 1. The van der Waals surface area contributed by atoms with Crippen LogP contribution in [0.3, 0.4) is 0 Å². The lowest BCUT2D eigenvalue weighted by atomic mass is 10.0. The molecule has 5 heteroatoms. The molecule has 0 radical (unpaired) electrons. The summed E-state index contributed by atoms with van der Waals surface area (Å²) in [7, 11) is 0. The number of hydrazone groups is 1. The first-order chi connectivity index (χ1) is 12.0. The van der Waals surface area contributed by atoms with Crippen molar-refractivity contribution < 1.29 is 9.53 Å². The van der Waals surface area contributed by atoms with E-state index in [9.17, 15) is 4.79 Å². The van der Waals surface area contributed by atoms with Gasteiger partial charge in [-0.15, -0.1) is 0 Å². The lowest BCUT2D eigenvalue weighted by molar-refractivity contribution is -0.127. The molecule has 2 aromatic rings. The average molecular weight is 335 g/mol. The van der Waals surface area contributed by atoms with Gasteiger partial charge in [0.25, 0.3) is 5.91 Å². The van der Waals surface area contributed by atoms with Crippen molar-refractivity contribution in [1.82, 2.24) is 5.43 Å². The third-order valence-corrected chi connectivity index (χ3v) is 3.66. The minimum absolute atomic E-state index is 0.348. The molecule has 0 heterocycles. The summed E-state index contributed by atoms with van der Waals surface area (Å²) in [6.45, 7) is 5.91. The molecule has 0 fully saturated rings. The van der Waals surface area contributed by atoms with E-state index in [1.807, 2.05) is 30.3 Å². The third-order valence-electron chi connectivity index (χ3n) is 3.66. The van der Waals surface area contributed by atoms with Crippen molar-refractivity contribution in [2.45, 2.75) is 32.8 Å². The summed E-state index contributed by atoms with van der Waals surface area (Å²) in [5.41, 5.74) is 5.17. The molecular weight excluding hydrogens is 314 g/mol. The highest BCUT2D eigenvalue weighted by molar-refractivity contribution is 5.84. The van der Waals surface area contributed by atoms with E-state index < -0.39 is 6.10 Å². The lowest BCUT2D eigenvalue weighted by Crippen LogP contribution is -2.33. The number of nitriles is 1. The van der Waals surface area contributed by atoms with Gasteiger partial charge in [-0.25, -0.2) is 5.43 Å². The van der Waals surface area contributed by atoms with E-state index in [0.717, 1.165) is 5.56 Å². The first-order valence-electron chi connectivity index (χ1n) is 8.09. The molecule has 0 saturated heterocycles. The first-order valence-corrected chi connectivity index (χ1v) is 8.09. The molecule has 25 heavy (non-hydrogen) atoms. The minimum atomic E-state index is -0.701. The maximum absolute atomic E-state index is 12.0. The highest BCUT2D eigenvalue weighted by Gasteiger charge is 2.13. The summed E-state index contributed by atoms with van der Waals surface area (Å²) >= 11 is 0. The Morgan fingerprint density at radius 1 is 1.12 bits per heavy atom. The van der Waals surface area contributed by atoms with Crippen LogP contribution in [0.2, 0.25) is 0 Å². The number of rotatable bonds is 6. The number of hydrogen-bond acceptors (Lipinski definition) is 4. The molecule has 1 atom stereocenters. The first kappa shape index (κ1) is 18.2. The number of ether oxygens (including phenoxy) is 1. The van der Waals surface area contributed by atoms with Gasteiger partial charge >= 0.3 is 0 Å². The molecular formula is C20H21N3O2. The molecule has 0 aliphatic heterocycles. The molecule has 0 spiro atoms. The quantitative estimate of drug-likeness (QED) is 0.647. The third kappa shape index (κ3) is 5.47. The van der Waals surface area contributed by atoms with Crippen LogP contribution in [0, 0.1) is 11.3 Å². The van der Waals surface area contributed by atoms with E-state index in [1.165, 1.54) is 5.56 Å². The van der Waals surface area contributed by atoms with Gasteiger partial charge in [0, 0.05) is 0 Å². The van der Waals surface area contributed by atoms with Crippen molar-refractivity contribution in [2.24, 2.45) is 5.10 Å². The van der Waals surface area contributed by atoms with Crippen molar-refractivity contribution in [2.75, 3.05) is 0 Å². The molecule has 128 valence electrons. The SMILES string of the molecule is CC(Oc1ccc(C#N)cc1)C(=O)N/N=C/c1ccc(C(C)C)cc1. The molecule has 2 rings (SSSR count). The lowest BCUT2D eigenvalue weighted by Gasteiger charge is -2.12. The molecule has 1 N–H and O–H groups in total. The fourth-order valence-electron chi connectivity index (χ4n) is 2.09. The summed E-state index contributed by atoms with van der Waals surface area (Å²) in [4.78, 5) is 12.0. The maximum atomic E-state index is 12.0. The van der Waals surface area contributed by atoms with Crippen LogP contribution in [0.15, 0.2) is 53.6 Å². The predicted octanol–water partition coefficient (Wildman–Crippen LogP) is 3.60. The fourth-order valence-corrected chi connectivity index (χ4v) is 2.09. The monoisotopic (exact) mass is 335 g/mol. The predicted molar refractivity (Wildman–Crippen MR) is 97.5 cm³/mol. The standard InChI is InChI=1S/C20H21N3O2/c1-14(2)18-8-4-17(5-9-18)13-22-23-20(24)15(3)25-19-10-6-16(12-21)7-11-19/h4-11,13-15H,1-3H3,(H,23,24)/b22-13+. The molecule has 5 nitrogen and oxygen atoms in total. The Balaban J connectivity index is 1.86. The van der Waals surface area contributed by atoms with E-state index in [2.05, 4.69) is 24.4 Å². The second kappa shape index (κ2) is 8.65. The topological polar surface area (TPSA) is 74.5 Å². The zero-order chi connectivity index (χ0) is 18.2. The summed E-state index contributed by atoms with van der Waals surface area (Å²) in [6, 6.07) is 16.6. The Kier molecular flexibility index (Phi) is 6.30. The Labute approximate surface area is 147 Å². The zero-order valence-electron chi connectivity index (χ0n) is 14.6. The molecule has 1 amide bonds. The maximum Gasteiger partial charge on any atom is 0.280 e. The number of nitrogens with one attached hydrogen (secondary N) is 1. The Morgan fingerprint density at radius 2 is 1.76 bits per heavy atom. The normalized spacial score (nSPS) is 12.0. The van der Waals surface area contributed by atoms with Gasteiger partial charge in [0.2, 0.25) is 0 Å². The van der Waals surface area contributed by atoms with Gasteiger partial charge in [0.15, 0.2) is 6.10 Å². The van der Waals surface area contributed by atoms with E-state index in [1.54, 1.807) is 37.4 Å². The summed E-state index contributed by atoms with van der Waals surface area (Å²) in [5.74, 6) is 0.653. The average Bonchev–Trinajstić information content (AvgIpc) is 2.62. The molecule has 0 saturated carbocycles. The van der Waals surface area contributed by atoms with Crippen LogP contribution in [0.25, 0.3) is 0 Å². The van der Waals surface area contributed by atoms with Gasteiger partial charge in [-0.3, -0.25) is 4.79 Å². The Hall–Kier alpha value is -3.13. The van der Waals surface area contributed by atoms with Gasteiger partial charge < -0.3 is 4.74 Å². The van der Waals surface area contributed by atoms with Crippen molar-refractivity contribution in [1.29, 1.82) is 5.26 Å². The number of amides is 1. The molecule has 0 aliphatic rings. The van der Waals surface area contributed by atoms with Crippen molar-refractivity contribution >= 4 is 12.1 Å². The van der Waals surface area contributed by atoms with E-state index in [4.69, 9.17) is 10.00 Å². The number of nitrogens with zero attached hydrogens (tertiary/aromatic N) is 2. The van der Waals surface area contributed by atoms with Crippen LogP contribution >= 0.6 is 0 Å². The highest BCUT2D eigenvalue weighted by Crippen LogP contribution is 2.14. The van der Waals surface area contributed by atoms with Crippen molar-refractivity contribution in [3.8, 4) is 11.8 Å². The smallest absolute Gasteiger partial charge is 0.280 e. The van der Waals surface area contributed by atoms with E-state index in [-0.39, 0.29) is 5.91 Å². The molecule has 0 bridgehead atoms. The van der Waals surface area contributed by atoms with Crippen LogP contribution in [0.5, 0.6) is 5.75 Å². The molecule has 0 aliphatic carbocycles. The molecule has 1 unspecified atom stereocenters. The van der Waals surface area contributed by atoms with Gasteiger partial charge in [-0.05, 0) is 48.2 Å². The van der Waals surface area contributed by atoms with E-state index in [0.29, 0.717) is 17.2 Å². The highest BCUT2D eigenvalue weighted by atomic mass is 16.5. The zero-order valence-corrected chi connectivity index (χ0v) is 14.6. The second-order valence-corrected chi connectivity index (χ2v) is 5.95. The van der Waals surface area contributed by atoms with Crippen LogP contribution in [-0.4, -0.2) is 18.2 Å². The van der Waals surface area contributed by atoms with Crippen LogP contribution < -0.4 is 10.2 Å². The summed E-state index contributed by atoms with van der Waals surface area (Å²) < 4.78 is 5.53. The molecule has 0 aromatic heterocycles. The second-order valence-electron chi connectivity index (χ2n) is 5.95. The van der Waals surface area contributed by atoms with E-state index >= 15 is 0 Å². The van der Waals surface area contributed by atoms with Crippen LogP contribution in [0.4, 0.5) is 0 Å². The largest absolute Gasteiger partial charge is 0.481 e. The van der Waals surface area contributed by atoms with Gasteiger partial charge in [0.05, 0.1) is 17.8 Å². The summed E-state index contributed by atoms with van der Waals surface area (Å²) in [5, 5.41) is 12.7. The molecule has 2 aromatic carbocycles. The van der Waals surface area contributed by atoms with Gasteiger partial charge in [0.1, 0.15) is 5.75 Å². The van der Waals surface area contributed by atoms with Crippen LogP contribution in [-0.2, 0) is 4.79 Å². The number of carbonyl (C=O) groups is 1. The van der Waals surface area contributed by atoms with Crippen molar-refractivity contribution in [3.63, 3.8) is 0 Å². The van der Waals surface area contributed by atoms with Crippen molar-refractivity contribution in [3.05, 3.63) is 65.2 Å². The number of hydrogen-bond donors (Lipinski definition) is 1. The summed E-state index contributed by atoms with van der Waals surface area (Å²) in [6.07, 6.45) is 0.893. The van der Waals surface area contributed by atoms with Gasteiger partial charge in [-0.1, -0.05) is 38.1 Å². The Morgan fingerprint density at radius 3 is 2.32 bits per heavy atom.